The van der Waals surface area contributed by atoms with Crippen molar-refractivity contribution in [3.63, 3.8) is 0 Å². The maximum Gasteiger partial charge on any atom is 0.0297 e. The molecule has 0 radical (unpaired) electrons. The van der Waals surface area contributed by atoms with Crippen LogP contribution in [0.2, 0.25) is 0 Å². The normalized spacial score (nSPS) is 12.4. The molecule has 0 aliphatic rings. The third kappa shape index (κ3) is 4.23. The molecule has 86 valence electrons. The molecule has 1 aromatic rings. The molecular weight excluding hydrogens is 206 g/mol. The van der Waals surface area contributed by atoms with Gasteiger partial charge in [-0.25, -0.2) is 0 Å². The van der Waals surface area contributed by atoms with E-state index in [1.54, 1.807) is 0 Å². The lowest BCUT2D eigenvalue weighted by Crippen LogP contribution is -2.13. The minimum Gasteiger partial charge on any atom is -0.324 e. The minimum atomic E-state index is 0. The van der Waals surface area contributed by atoms with Crippen molar-refractivity contribution in [2.45, 2.75) is 40.2 Å². The predicted octanol–water partition coefficient (Wildman–Crippen LogP) is 3.77. The van der Waals surface area contributed by atoms with Crippen LogP contribution < -0.4 is 5.73 Å². The van der Waals surface area contributed by atoms with Crippen molar-refractivity contribution in [2.75, 3.05) is 0 Å². The first-order valence-electron chi connectivity index (χ1n) is 5.33. The van der Waals surface area contributed by atoms with Crippen LogP contribution in [0.5, 0.6) is 0 Å². The lowest BCUT2D eigenvalue weighted by molar-refractivity contribution is 0.510. The molecule has 0 bridgehead atoms. The van der Waals surface area contributed by atoms with Crippen LogP contribution in [0.25, 0.3) is 0 Å². The average Bonchev–Trinajstić information content (AvgIpc) is 2.08. The Bertz CT molecular complexity index is 307. The number of aryl methyl sites for hydroxylation is 2. The summed E-state index contributed by atoms with van der Waals surface area (Å²) in [7, 11) is 0. The van der Waals surface area contributed by atoms with E-state index < -0.39 is 0 Å². The van der Waals surface area contributed by atoms with Crippen LogP contribution in [0.4, 0.5) is 0 Å². The molecule has 1 nitrogen and oxygen atoms in total. The second-order valence-electron chi connectivity index (χ2n) is 4.58. The number of nitrogens with two attached hydrogens (primary N) is 1. The monoisotopic (exact) mass is 227 g/mol. The van der Waals surface area contributed by atoms with Gasteiger partial charge in [0.15, 0.2) is 0 Å². The van der Waals surface area contributed by atoms with Crippen molar-refractivity contribution < 1.29 is 0 Å². The van der Waals surface area contributed by atoms with Gasteiger partial charge in [-0.3, -0.25) is 0 Å². The van der Waals surface area contributed by atoms with E-state index in [9.17, 15) is 0 Å². The van der Waals surface area contributed by atoms with E-state index in [0.717, 1.165) is 6.42 Å². The molecule has 0 unspecified atom stereocenters. The Morgan fingerprint density at radius 2 is 1.73 bits per heavy atom. The molecule has 1 aromatic carbocycles. The number of benzene rings is 1. The van der Waals surface area contributed by atoms with Gasteiger partial charge in [0.25, 0.3) is 0 Å². The minimum absolute atomic E-state index is 0. The fourth-order valence-electron chi connectivity index (χ4n) is 1.64. The largest absolute Gasteiger partial charge is 0.324 e. The van der Waals surface area contributed by atoms with E-state index in [0.29, 0.717) is 5.92 Å². The molecule has 0 heterocycles. The quantitative estimate of drug-likeness (QED) is 0.836. The summed E-state index contributed by atoms with van der Waals surface area (Å²) in [4.78, 5) is 0. The summed E-state index contributed by atoms with van der Waals surface area (Å²) in [5.74, 6) is 0.659. The molecule has 0 spiro atoms. The molecular formula is C13H22ClN. The lowest BCUT2D eigenvalue weighted by Gasteiger charge is -2.15. The van der Waals surface area contributed by atoms with Crippen LogP contribution in [-0.4, -0.2) is 0 Å². The molecule has 1 atom stereocenters. The van der Waals surface area contributed by atoms with Crippen LogP contribution in [0, 0.1) is 19.8 Å². The van der Waals surface area contributed by atoms with Gasteiger partial charge in [-0.2, -0.15) is 0 Å². The summed E-state index contributed by atoms with van der Waals surface area (Å²) >= 11 is 0. The van der Waals surface area contributed by atoms with Gasteiger partial charge < -0.3 is 5.73 Å². The third-order valence-electron chi connectivity index (χ3n) is 2.68. The van der Waals surface area contributed by atoms with Gasteiger partial charge in [0.1, 0.15) is 0 Å². The maximum absolute atomic E-state index is 6.11. The van der Waals surface area contributed by atoms with Crippen molar-refractivity contribution in [1.29, 1.82) is 0 Å². The van der Waals surface area contributed by atoms with Crippen molar-refractivity contribution in [2.24, 2.45) is 11.7 Å². The van der Waals surface area contributed by atoms with Crippen LogP contribution in [0.3, 0.4) is 0 Å². The summed E-state index contributed by atoms with van der Waals surface area (Å²) in [6.45, 7) is 8.69. The van der Waals surface area contributed by atoms with Crippen LogP contribution >= 0.6 is 12.4 Å². The highest BCUT2D eigenvalue weighted by Gasteiger charge is 2.08. The second-order valence-corrected chi connectivity index (χ2v) is 4.58. The second kappa shape index (κ2) is 6.14. The van der Waals surface area contributed by atoms with Gasteiger partial charge in [-0.15, -0.1) is 12.4 Å². The number of halogens is 1. The van der Waals surface area contributed by atoms with Gasteiger partial charge in [0.2, 0.25) is 0 Å². The van der Waals surface area contributed by atoms with E-state index in [4.69, 9.17) is 5.73 Å². The fourth-order valence-corrected chi connectivity index (χ4v) is 1.64. The van der Waals surface area contributed by atoms with E-state index in [2.05, 4.69) is 45.9 Å². The Morgan fingerprint density at radius 1 is 1.13 bits per heavy atom. The van der Waals surface area contributed by atoms with Gasteiger partial charge in [0.05, 0.1) is 0 Å². The zero-order chi connectivity index (χ0) is 10.7. The molecule has 0 aromatic heterocycles. The van der Waals surface area contributed by atoms with Crippen molar-refractivity contribution in [3.8, 4) is 0 Å². The molecule has 15 heavy (non-hydrogen) atoms. The third-order valence-corrected chi connectivity index (χ3v) is 2.68. The molecule has 0 aliphatic carbocycles. The summed E-state index contributed by atoms with van der Waals surface area (Å²) in [6.07, 6.45) is 1.06. The number of hydrogen-bond acceptors (Lipinski definition) is 1. The first kappa shape index (κ1) is 14.5. The van der Waals surface area contributed by atoms with Crippen LogP contribution in [-0.2, 0) is 0 Å². The van der Waals surface area contributed by atoms with E-state index in [1.807, 2.05) is 0 Å². The molecule has 2 N–H and O–H groups in total. The Labute approximate surface area is 99.5 Å². The topological polar surface area (TPSA) is 26.0 Å². The highest BCUT2D eigenvalue weighted by molar-refractivity contribution is 5.85. The molecule has 0 aliphatic heterocycles. The standard InChI is InChI=1S/C13H21N.ClH/c1-9(2)7-13(14)12-6-5-10(3)11(4)8-12;/h5-6,8-9,13H,7,14H2,1-4H3;1H/t13-;/m0./s1. The lowest BCUT2D eigenvalue weighted by atomic mass is 9.95. The van der Waals surface area contributed by atoms with Crippen LogP contribution in [0.1, 0.15) is 43.0 Å². The molecule has 0 fully saturated rings. The molecule has 2 heteroatoms. The van der Waals surface area contributed by atoms with Crippen molar-refractivity contribution in [1.82, 2.24) is 0 Å². The van der Waals surface area contributed by atoms with Gasteiger partial charge >= 0.3 is 0 Å². The predicted molar refractivity (Wildman–Crippen MR) is 69.5 cm³/mol. The summed E-state index contributed by atoms with van der Waals surface area (Å²) in [6, 6.07) is 6.71. The zero-order valence-corrected chi connectivity index (χ0v) is 10.9. The van der Waals surface area contributed by atoms with E-state index in [1.165, 1.54) is 16.7 Å². The summed E-state index contributed by atoms with van der Waals surface area (Å²) < 4.78 is 0. The van der Waals surface area contributed by atoms with Gasteiger partial charge in [-0.05, 0) is 42.9 Å². The van der Waals surface area contributed by atoms with Crippen LogP contribution in [0.15, 0.2) is 18.2 Å². The fraction of sp³-hybridized carbons (Fsp3) is 0.538. The molecule has 0 saturated heterocycles. The maximum atomic E-state index is 6.11. The van der Waals surface area contributed by atoms with E-state index in [-0.39, 0.29) is 18.4 Å². The highest BCUT2D eigenvalue weighted by Crippen LogP contribution is 2.20. The Morgan fingerprint density at radius 3 is 2.20 bits per heavy atom. The smallest absolute Gasteiger partial charge is 0.0297 e. The van der Waals surface area contributed by atoms with Gasteiger partial charge in [-0.1, -0.05) is 32.0 Å². The van der Waals surface area contributed by atoms with Crippen molar-refractivity contribution in [3.05, 3.63) is 34.9 Å². The molecule has 0 amide bonds. The Hall–Kier alpha value is -0.530. The molecule has 1 rings (SSSR count). The first-order valence-corrected chi connectivity index (χ1v) is 5.33. The highest BCUT2D eigenvalue weighted by atomic mass is 35.5. The molecule has 0 saturated carbocycles. The number of rotatable bonds is 3. The van der Waals surface area contributed by atoms with Crippen molar-refractivity contribution >= 4 is 12.4 Å². The Balaban J connectivity index is 0.00000196. The average molecular weight is 228 g/mol. The van der Waals surface area contributed by atoms with Gasteiger partial charge in [0, 0.05) is 6.04 Å². The van der Waals surface area contributed by atoms with E-state index >= 15 is 0 Å². The summed E-state index contributed by atoms with van der Waals surface area (Å²) in [5.41, 5.74) is 10.1. The Kier molecular flexibility index (Phi) is 5.92. The first-order chi connectivity index (χ1) is 6.50. The SMILES string of the molecule is Cc1ccc([C@@H](N)CC(C)C)cc1C.Cl. The zero-order valence-electron chi connectivity index (χ0n) is 10.1. The number of hydrogen-bond donors (Lipinski definition) is 1. The summed E-state index contributed by atoms with van der Waals surface area (Å²) in [5, 5.41) is 0.